The van der Waals surface area contributed by atoms with Gasteiger partial charge in [0.2, 0.25) is 0 Å². The first kappa shape index (κ1) is 18.2. The Labute approximate surface area is 167 Å². The van der Waals surface area contributed by atoms with Gasteiger partial charge in [0.05, 0.1) is 10.6 Å². The Morgan fingerprint density at radius 1 is 1.22 bits per heavy atom. The van der Waals surface area contributed by atoms with E-state index in [9.17, 15) is 4.79 Å². The molecule has 4 rings (SSSR count). The maximum absolute atomic E-state index is 12.3. The second-order valence-corrected chi connectivity index (χ2v) is 8.03. The fraction of sp³-hybridized carbons (Fsp3) is 0.300. The van der Waals surface area contributed by atoms with E-state index in [0.29, 0.717) is 20.9 Å². The molecule has 0 aliphatic carbocycles. The van der Waals surface area contributed by atoms with Crippen LogP contribution in [0, 0.1) is 6.92 Å². The summed E-state index contributed by atoms with van der Waals surface area (Å²) in [6, 6.07) is 9.42. The van der Waals surface area contributed by atoms with Crippen molar-refractivity contribution in [3.05, 3.63) is 51.6 Å². The quantitative estimate of drug-likeness (QED) is 0.725. The lowest BCUT2D eigenvalue weighted by Crippen LogP contribution is -2.28. The first-order chi connectivity index (χ1) is 13.1. The molecule has 0 saturated carbocycles. The van der Waals surface area contributed by atoms with Crippen LogP contribution < -0.4 is 10.2 Å². The summed E-state index contributed by atoms with van der Waals surface area (Å²) in [7, 11) is 0. The zero-order valence-electron chi connectivity index (χ0n) is 15.0. The third kappa shape index (κ3) is 4.06. The Morgan fingerprint density at radius 3 is 2.85 bits per heavy atom. The summed E-state index contributed by atoms with van der Waals surface area (Å²) < 4.78 is 5.92. The van der Waals surface area contributed by atoms with Crippen molar-refractivity contribution in [1.82, 2.24) is 5.32 Å². The van der Waals surface area contributed by atoms with Crippen molar-refractivity contribution < 1.29 is 9.21 Å². The van der Waals surface area contributed by atoms with Crippen molar-refractivity contribution in [1.29, 1.82) is 0 Å². The molecule has 27 heavy (non-hydrogen) atoms. The lowest BCUT2D eigenvalue weighted by Gasteiger charge is -2.25. The Bertz CT molecular complexity index is 929. The number of piperidine rings is 1. The summed E-state index contributed by atoms with van der Waals surface area (Å²) in [4.78, 5) is 19.6. The number of nitrogens with one attached hydrogen (secondary N) is 1. The van der Waals surface area contributed by atoms with Gasteiger partial charge < -0.3 is 14.6 Å². The number of hydrogen-bond acceptors (Lipinski definition) is 5. The van der Waals surface area contributed by atoms with E-state index in [1.807, 2.05) is 37.3 Å². The lowest BCUT2D eigenvalue weighted by molar-refractivity contribution is -0.115. The van der Waals surface area contributed by atoms with Crippen LogP contribution >= 0.6 is 23.4 Å². The molecule has 2 aliphatic rings. The minimum Gasteiger partial charge on any atom is -0.441 e. The molecule has 0 radical (unpaired) electrons. The van der Waals surface area contributed by atoms with Crippen molar-refractivity contribution in [2.24, 2.45) is 4.99 Å². The highest BCUT2D eigenvalue weighted by atomic mass is 35.5. The van der Waals surface area contributed by atoms with Crippen molar-refractivity contribution in [2.45, 2.75) is 26.2 Å². The summed E-state index contributed by atoms with van der Waals surface area (Å²) in [5.41, 5.74) is 1.63. The van der Waals surface area contributed by atoms with Crippen LogP contribution in [0.5, 0.6) is 0 Å². The van der Waals surface area contributed by atoms with Gasteiger partial charge in [-0.2, -0.15) is 0 Å². The van der Waals surface area contributed by atoms with Gasteiger partial charge in [-0.15, -0.1) is 0 Å². The van der Waals surface area contributed by atoms with Gasteiger partial charge in [-0.25, -0.2) is 4.99 Å². The van der Waals surface area contributed by atoms with Crippen LogP contribution in [0.25, 0.3) is 6.08 Å². The maximum Gasteiger partial charge on any atom is 0.264 e. The number of furan rings is 1. The number of nitrogens with zero attached hydrogens (tertiary/aromatic N) is 2. The van der Waals surface area contributed by atoms with Gasteiger partial charge in [0.15, 0.2) is 11.1 Å². The molecule has 1 amide bonds. The van der Waals surface area contributed by atoms with Crippen molar-refractivity contribution in [3.63, 3.8) is 0 Å². The van der Waals surface area contributed by atoms with Gasteiger partial charge >= 0.3 is 0 Å². The molecular formula is C20H20ClN3O2S. The minimum absolute atomic E-state index is 0.172. The molecule has 2 saturated heterocycles. The van der Waals surface area contributed by atoms with Gasteiger partial charge in [-0.05, 0) is 61.7 Å². The Morgan fingerprint density at radius 2 is 2.04 bits per heavy atom. The molecule has 0 spiro atoms. The fourth-order valence-corrected chi connectivity index (χ4v) is 4.12. The number of amides is 1. The molecule has 0 bridgehead atoms. The topological polar surface area (TPSA) is 57.8 Å². The van der Waals surface area contributed by atoms with Crippen LogP contribution in [0.3, 0.4) is 0 Å². The van der Waals surface area contributed by atoms with E-state index < -0.39 is 0 Å². The smallest absolute Gasteiger partial charge is 0.264 e. The molecule has 3 heterocycles. The third-order valence-corrected chi connectivity index (χ3v) is 5.98. The van der Waals surface area contributed by atoms with E-state index in [2.05, 4.69) is 15.2 Å². The molecule has 0 unspecified atom stereocenters. The van der Waals surface area contributed by atoms with Crippen LogP contribution in [-0.4, -0.2) is 24.2 Å². The molecule has 1 aromatic carbocycles. The summed E-state index contributed by atoms with van der Waals surface area (Å²) in [6.45, 7) is 3.95. The zero-order valence-corrected chi connectivity index (χ0v) is 16.6. The summed E-state index contributed by atoms with van der Waals surface area (Å²) in [6.07, 6.45) is 5.43. The molecule has 0 atom stereocenters. The Balaban J connectivity index is 1.51. The van der Waals surface area contributed by atoms with Crippen LogP contribution in [0.4, 0.5) is 11.6 Å². The van der Waals surface area contributed by atoms with E-state index >= 15 is 0 Å². The highest BCUT2D eigenvalue weighted by molar-refractivity contribution is 8.18. The maximum atomic E-state index is 12.3. The number of thioether (sulfide) groups is 1. The number of hydrogen-bond donors (Lipinski definition) is 1. The zero-order chi connectivity index (χ0) is 18.8. The fourth-order valence-electron chi connectivity index (χ4n) is 3.14. The third-order valence-electron chi connectivity index (χ3n) is 4.67. The number of aliphatic imine (C=N–C) groups is 1. The number of anilines is 1. The highest BCUT2D eigenvalue weighted by Gasteiger charge is 2.25. The van der Waals surface area contributed by atoms with Crippen LogP contribution in [0.2, 0.25) is 5.02 Å². The highest BCUT2D eigenvalue weighted by Crippen LogP contribution is 2.32. The van der Waals surface area contributed by atoms with Gasteiger partial charge in [0.1, 0.15) is 5.76 Å². The van der Waals surface area contributed by atoms with Crippen LogP contribution in [0.1, 0.15) is 30.6 Å². The normalized spacial score (nSPS) is 20.5. The molecule has 2 aromatic rings. The van der Waals surface area contributed by atoms with Gasteiger partial charge in [-0.3, -0.25) is 4.79 Å². The van der Waals surface area contributed by atoms with Gasteiger partial charge in [-0.1, -0.05) is 17.7 Å². The number of carbonyl (C=O) groups excluding carboxylic acids is 1. The molecular weight excluding hydrogens is 382 g/mol. The predicted molar refractivity (Wildman–Crippen MR) is 112 cm³/mol. The Hall–Kier alpha value is -2.18. The largest absolute Gasteiger partial charge is 0.441 e. The van der Waals surface area contributed by atoms with Crippen molar-refractivity contribution in [2.75, 3.05) is 18.0 Å². The molecule has 2 aliphatic heterocycles. The Kier molecular flexibility index (Phi) is 5.27. The molecule has 2 fully saturated rings. The molecule has 1 aromatic heterocycles. The van der Waals surface area contributed by atoms with E-state index in [0.717, 1.165) is 30.2 Å². The molecule has 140 valence electrons. The van der Waals surface area contributed by atoms with Crippen LogP contribution in [-0.2, 0) is 4.79 Å². The number of benzene rings is 1. The number of rotatable bonds is 3. The second-order valence-electron chi connectivity index (χ2n) is 6.59. The number of amidine groups is 1. The summed E-state index contributed by atoms with van der Waals surface area (Å²) in [5.74, 6) is 1.37. The summed E-state index contributed by atoms with van der Waals surface area (Å²) >= 11 is 7.44. The van der Waals surface area contributed by atoms with E-state index in [1.54, 1.807) is 6.08 Å². The SMILES string of the molecule is Cc1c(Cl)cccc1N=C1NC(=O)/C(=C/c2ccc(N3CCCCC3)o2)S1. The molecule has 1 N–H and O–H groups in total. The predicted octanol–water partition coefficient (Wildman–Crippen LogP) is 5.12. The van der Waals surface area contributed by atoms with Crippen LogP contribution in [0.15, 0.2) is 44.6 Å². The standard InChI is InChI=1S/C20H20ClN3O2S/c1-13-15(21)6-5-7-16(13)22-20-23-19(25)17(27-20)12-14-8-9-18(26-14)24-10-3-2-4-11-24/h5-9,12H,2-4,10-11H2,1H3,(H,22,23,25)/b17-12-. The van der Waals surface area contributed by atoms with E-state index in [1.165, 1.54) is 31.0 Å². The molecule has 7 heteroatoms. The number of halogens is 1. The second kappa shape index (κ2) is 7.82. The van der Waals surface area contributed by atoms with E-state index in [-0.39, 0.29) is 5.91 Å². The minimum atomic E-state index is -0.172. The van der Waals surface area contributed by atoms with Gasteiger partial charge in [0, 0.05) is 30.3 Å². The molecule has 5 nitrogen and oxygen atoms in total. The van der Waals surface area contributed by atoms with Crippen molar-refractivity contribution >= 4 is 52.1 Å². The monoisotopic (exact) mass is 401 g/mol. The van der Waals surface area contributed by atoms with Crippen molar-refractivity contribution in [3.8, 4) is 0 Å². The average Bonchev–Trinajstić information content (AvgIpc) is 3.27. The average molecular weight is 402 g/mol. The van der Waals surface area contributed by atoms with Gasteiger partial charge in [0.25, 0.3) is 5.91 Å². The first-order valence-corrected chi connectivity index (χ1v) is 10.2. The summed E-state index contributed by atoms with van der Waals surface area (Å²) in [5, 5.41) is 4.00. The lowest BCUT2D eigenvalue weighted by atomic mass is 10.1. The number of carbonyl (C=O) groups is 1. The van der Waals surface area contributed by atoms with E-state index in [4.69, 9.17) is 16.0 Å². The first-order valence-electron chi connectivity index (χ1n) is 8.99.